The van der Waals surface area contributed by atoms with Crippen molar-refractivity contribution >= 4 is 16.3 Å². The van der Waals surface area contributed by atoms with Crippen LogP contribution in [0, 0.1) is 24.1 Å². The van der Waals surface area contributed by atoms with Crippen molar-refractivity contribution in [3.05, 3.63) is 46.3 Å². The van der Waals surface area contributed by atoms with E-state index in [1.54, 1.807) is 23.5 Å². The Hall–Kier alpha value is -2.19. The average Bonchev–Trinajstić information content (AvgIpc) is 2.96. The highest BCUT2D eigenvalue weighted by atomic mass is 32.1. The number of benzene rings is 1. The molecule has 3 nitrogen and oxygen atoms in total. The molecule has 0 aliphatic carbocycles. The van der Waals surface area contributed by atoms with Crippen molar-refractivity contribution in [2.24, 2.45) is 0 Å². The summed E-state index contributed by atoms with van der Waals surface area (Å²) < 4.78 is 15.2. The number of thiazole rings is 1. The highest BCUT2D eigenvalue weighted by Gasteiger charge is 2.19. The molecule has 0 amide bonds. The summed E-state index contributed by atoms with van der Waals surface area (Å²) in [4.78, 5) is 6.79. The van der Waals surface area contributed by atoms with Crippen LogP contribution < -0.4 is 0 Å². The molecule has 0 radical (unpaired) electrons. The minimum atomic E-state index is -0.272. The molecular formula is C16H14FN3S. The second-order valence-corrected chi connectivity index (χ2v) is 6.01. The lowest BCUT2D eigenvalue weighted by Crippen LogP contribution is -1.98. The van der Waals surface area contributed by atoms with Crippen molar-refractivity contribution in [3.63, 3.8) is 0 Å². The van der Waals surface area contributed by atoms with Crippen LogP contribution in [0.5, 0.6) is 0 Å². The van der Waals surface area contributed by atoms with Crippen LogP contribution in [0.1, 0.15) is 23.2 Å². The summed E-state index contributed by atoms with van der Waals surface area (Å²) in [7, 11) is 0. The zero-order valence-corrected chi connectivity index (χ0v) is 12.7. The third-order valence-corrected chi connectivity index (χ3v) is 4.56. The molecule has 3 aromatic rings. The van der Waals surface area contributed by atoms with Gasteiger partial charge in [-0.1, -0.05) is 6.92 Å². The van der Waals surface area contributed by atoms with Gasteiger partial charge < -0.3 is 0 Å². The molecule has 5 heteroatoms. The molecule has 0 atom stereocenters. The molecule has 0 fully saturated rings. The van der Waals surface area contributed by atoms with Gasteiger partial charge in [0.05, 0.1) is 23.9 Å². The number of fused-ring (bicyclic) bond motifs is 1. The van der Waals surface area contributed by atoms with Crippen LogP contribution >= 0.6 is 11.3 Å². The maximum atomic E-state index is 13.1. The van der Waals surface area contributed by atoms with Gasteiger partial charge in [-0.2, -0.15) is 5.26 Å². The van der Waals surface area contributed by atoms with Gasteiger partial charge in [0, 0.05) is 16.1 Å². The maximum Gasteiger partial charge on any atom is 0.194 e. The molecule has 1 aromatic carbocycles. The number of hydrogen-bond donors (Lipinski definition) is 0. The van der Waals surface area contributed by atoms with E-state index in [4.69, 9.17) is 5.26 Å². The molecule has 0 aliphatic heterocycles. The Morgan fingerprint density at radius 3 is 2.62 bits per heavy atom. The smallest absolute Gasteiger partial charge is 0.194 e. The van der Waals surface area contributed by atoms with Gasteiger partial charge in [-0.25, -0.2) is 9.37 Å². The quantitative estimate of drug-likeness (QED) is 0.729. The van der Waals surface area contributed by atoms with Crippen LogP contribution in [-0.2, 0) is 12.8 Å². The zero-order valence-electron chi connectivity index (χ0n) is 11.9. The fraction of sp³-hybridized carbons (Fsp3) is 0.250. The van der Waals surface area contributed by atoms with Crippen LogP contribution in [0.2, 0.25) is 0 Å². The summed E-state index contributed by atoms with van der Waals surface area (Å²) in [5.74, 6) is -0.272. The number of halogens is 1. The molecule has 0 unspecified atom stereocenters. The van der Waals surface area contributed by atoms with Gasteiger partial charge in [-0.3, -0.25) is 4.40 Å². The lowest BCUT2D eigenvalue weighted by molar-refractivity contribution is 0.628. The molecular weight excluding hydrogens is 285 g/mol. The lowest BCUT2D eigenvalue weighted by atomic mass is 10.1. The Labute approximate surface area is 126 Å². The molecule has 0 bridgehead atoms. The van der Waals surface area contributed by atoms with E-state index in [2.05, 4.69) is 29.3 Å². The Morgan fingerprint density at radius 2 is 2.00 bits per heavy atom. The monoisotopic (exact) mass is 299 g/mol. The lowest BCUT2D eigenvalue weighted by Gasteiger charge is -2.04. The summed E-state index contributed by atoms with van der Waals surface area (Å²) in [6.07, 6.45) is 1.18. The van der Waals surface area contributed by atoms with Gasteiger partial charge in [0.25, 0.3) is 0 Å². The first-order valence-corrected chi connectivity index (χ1v) is 7.59. The first-order valence-electron chi connectivity index (χ1n) is 6.78. The van der Waals surface area contributed by atoms with Gasteiger partial charge in [-0.15, -0.1) is 11.3 Å². The second-order valence-electron chi connectivity index (χ2n) is 4.83. The van der Waals surface area contributed by atoms with Crippen molar-refractivity contribution in [2.75, 3.05) is 0 Å². The van der Waals surface area contributed by atoms with Crippen molar-refractivity contribution in [3.8, 4) is 17.3 Å². The van der Waals surface area contributed by atoms with Gasteiger partial charge >= 0.3 is 0 Å². The van der Waals surface area contributed by atoms with Crippen LogP contribution in [0.25, 0.3) is 16.2 Å². The molecule has 2 heterocycles. The molecule has 0 spiro atoms. The molecule has 3 rings (SSSR count). The van der Waals surface area contributed by atoms with Crippen LogP contribution in [0.4, 0.5) is 4.39 Å². The van der Waals surface area contributed by atoms with Gasteiger partial charge in [0.2, 0.25) is 0 Å². The third kappa shape index (κ3) is 2.22. The number of nitrogens with zero attached hydrogens (tertiary/aromatic N) is 3. The molecule has 0 N–H and O–H groups in total. The second kappa shape index (κ2) is 5.30. The van der Waals surface area contributed by atoms with Crippen molar-refractivity contribution in [1.29, 1.82) is 5.26 Å². The average molecular weight is 299 g/mol. The summed E-state index contributed by atoms with van der Waals surface area (Å²) in [5, 5.41) is 9.14. The van der Waals surface area contributed by atoms with Crippen molar-refractivity contribution in [2.45, 2.75) is 26.7 Å². The fourth-order valence-electron chi connectivity index (χ4n) is 2.62. The topological polar surface area (TPSA) is 41.1 Å². The highest BCUT2D eigenvalue weighted by molar-refractivity contribution is 7.17. The number of aryl methyl sites for hydroxylation is 2. The van der Waals surface area contributed by atoms with Gasteiger partial charge in [0.15, 0.2) is 4.96 Å². The van der Waals surface area contributed by atoms with E-state index >= 15 is 0 Å². The number of nitriles is 1. The molecule has 0 aliphatic rings. The largest absolute Gasteiger partial charge is 0.290 e. The van der Waals surface area contributed by atoms with Gasteiger partial charge in [0.1, 0.15) is 5.82 Å². The molecule has 2 aromatic heterocycles. The minimum Gasteiger partial charge on any atom is -0.290 e. The predicted molar refractivity (Wildman–Crippen MR) is 81.9 cm³/mol. The molecule has 0 saturated heterocycles. The number of hydrogen-bond acceptors (Lipinski definition) is 3. The fourth-order valence-corrected chi connectivity index (χ4v) is 3.69. The van der Waals surface area contributed by atoms with Crippen LogP contribution in [0.15, 0.2) is 24.3 Å². The Kier molecular flexibility index (Phi) is 3.48. The van der Waals surface area contributed by atoms with E-state index < -0.39 is 0 Å². The summed E-state index contributed by atoms with van der Waals surface area (Å²) in [6, 6.07) is 8.48. The van der Waals surface area contributed by atoms with E-state index in [-0.39, 0.29) is 12.2 Å². The number of aromatic nitrogens is 2. The summed E-state index contributed by atoms with van der Waals surface area (Å²) in [5.41, 5.74) is 3.70. The van der Waals surface area contributed by atoms with E-state index in [1.807, 2.05) is 0 Å². The molecule has 0 saturated carbocycles. The van der Waals surface area contributed by atoms with Crippen LogP contribution in [-0.4, -0.2) is 9.38 Å². The Morgan fingerprint density at radius 1 is 1.29 bits per heavy atom. The Balaban J connectivity index is 2.28. The summed E-state index contributed by atoms with van der Waals surface area (Å²) in [6.45, 7) is 4.17. The van der Waals surface area contributed by atoms with E-state index in [1.165, 1.54) is 22.7 Å². The first-order chi connectivity index (χ1) is 10.2. The van der Waals surface area contributed by atoms with E-state index in [0.29, 0.717) is 0 Å². The van der Waals surface area contributed by atoms with Crippen LogP contribution in [0.3, 0.4) is 0 Å². The maximum absolute atomic E-state index is 13.1. The molecule has 21 heavy (non-hydrogen) atoms. The SMILES string of the molecule is CCc1c(C)sc2nc(-c3ccc(F)cc3)c(CC#N)n12. The van der Waals surface area contributed by atoms with Crippen molar-refractivity contribution in [1.82, 2.24) is 9.38 Å². The van der Waals surface area contributed by atoms with Gasteiger partial charge in [-0.05, 0) is 37.6 Å². The molecule has 106 valence electrons. The zero-order chi connectivity index (χ0) is 15.0. The first kappa shape index (κ1) is 13.8. The number of rotatable bonds is 3. The van der Waals surface area contributed by atoms with Crippen molar-refractivity contribution < 1.29 is 4.39 Å². The normalized spacial score (nSPS) is 11.0. The van der Waals surface area contributed by atoms with E-state index in [0.717, 1.165) is 28.3 Å². The van der Waals surface area contributed by atoms with E-state index in [9.17, 15) is 4.39 Å². The predicted octanol–water partition coefficient (Wildman–Crippen LogP) is 4.14. The Bertz CT molecular complexity index is 837. The highest BCUT2D eigenvalue weighted by Crippen LogP contribution is 2.31. The standard InChI is InChI=1S/C16H14FN3S/c1-3-13-10(2)21-16-19-15(14(8-9-18)20(13)16)11-4-6-12(17)7-5-11/h4-7H,3,8H2,1-2H3. The minimum absolute atomic E-state index is 0.272. The summed E-state index contributed by atoms with van der Waals surface area (Å²) >= 11 is 1.63. The third-order valence-electron chi connectivity index (χ3n) is 3.56. The number of imidazole rings is 1.